The molecule has 0 atom stereocenters. The molecule has 0 aliphatic carbocycles. The number of nitrogens with one attached hydrogen (secondary N) is 1. The third-order valence-electron chi connectivity index (χ3n) is 3.68. The SMILES string of the molecule is COc1ccc(Cl)cc1C=C1C(=O)NC(=O)N(c2ccc(Cl)cc2)C1=O. The van der Waals surface area contributed by atoms with Crippen LogP contribution in [0.15, 0.2) is 48.0 Å². The fraction of sp³-hybridized carbons (Fsp3) is 0.0556. The van der Waals surface area contributed by atoms with Crippen LogP contribution in [0.25, 0.3) is 6.08 Å². The van der Waals surface area contributed by atoms with Crippen LogP contribution in [0.2, 0.25) is 10.0 Å². The van der Waals surface area contributed by atoms with Crippen LogP contribution in [-0.4, -0.2) is 25.0 Å². The van der Waals surface area contributed by atoms with Gasteiger partial charge in [-0.25, -0.2) is 9.69 Å². The van der Waals surface area contributed by atoms with Crippen LogP contribution in [-0.2, 0) is 9.59 Å². The number of hydrogen-bond donors (Lipinski definition) is 1. The van der Waals surface area contributed by atoms with Crippen molar-refractivity contribution < 1.29 is 19.1 Å². The molecular weight excluding hydrogens is 379 g/mol. The second-order valence-electron chi connectivity index (χ2n) is 5.32. The van der Waals surface area contributed by atoms with E-state index in [-0.39, 0.29) is 11.3 Å². The van der Waals surface area contributed by atoms with Gasteiger partial charge in [0.25, 0.3) is 11.8 Å². The number of halogens is 2. The normalized spacial score (nSPS) is 16.0. The Hall–Kier alpha value is -2.83. The maximum atomic E-state index is 12.8. The highest BCUT2D eigenvalue weighted by molar-refractivity contribution is 6.39. The third-order valence-corrected chi connectivity index (χ3v) is 4.17. The lowest BCUT2D eigenvalue weighted by Crippen LogP contribution is -2.54. The second kappa shape index (κ2) is 7.19. The van der Waals surface area contributed by atoms with E-state index in [0.29, 0.717) is 21.4 Å². The molecule has 0 saturated carbocycles. The Morgan fingerprint density at radius 1 is 1.00 bits per heavy atom. The Bertz CT molecular complexity index is 939. The Morgan fingerprint density at radius 2 is 1.65 bits per heavy atom. The monoisotopic (exact) mass is 390 g/mol. The van der Waals surface area contributed by atoms with Gasteiger partial charge in [-0.05, 0) is 48.5 Å². The number of methoxy groups -OCH3 is 1. The van der Waals surface area contributed by atoms with Crippen molar-refractivity contribution in [1.29, 1.82) is 0 Å². The van der Waals surface area contributed by atoms with Gasteiger partial charge in [0.15, 0.2) is 0 Å². The highest BCUT2D eigenvalue weighted by Crippen LogP contribution is 2.28. The summed E-state index contributed by atoms with van der Waals surface area (Å²) in [6.45, 7) is 0. The highest BCUT2D eigenvalue weighted by Gasteiger charge is 2.36. The van der Waals surface area contributed by atoms with Crippen molar-refractivity contribution >= 4 is 52.8 Å². The molecule has 0 spiro atoms. The molecule has 1 heterocycles. The van der Waals surface area contributed by atoms with E-state index in [0.717, 1.165) is 4.90 Å². The minimum absolute atomic E-state index is 0.222. The van der Waals surface area contributed by atoms with E-state index >= 15 is 0 Å². The maximum absolute atomic E-state index is 12.8. The minimum Gasteiger partial charge on any atom is -0.496 e. The van der Waals surface area contributed by atoms with Gasteiger partial charge in [-0.15, -0.1) is 0 Å². The van der Waals surface area contributed by atoms with E-state index in [1.165, 1.54) is 37.5 Å². The lowest BCUT2D eigenvalue weighted by Gasteiger charge is -2.26. The number of rotatable bonds is 3. The van der Waals surface area contributed by atoms with Crippen LogP contribution in [0.5, 0.6) is 5.75 Å². The molecule has 1 aliphatic rings. The first-order valence-electron chi connectivity index (χ1n) is 7.41. The number of hydrogen-bond acceptors (Lipinski definition) is 4. The summed E-state index contributed by atoms with van der Waals surface area (Å²) in [7, 11) is 1.46. The van der Waals surface area contributed by atoms with Crippen molar-refractivity contribution in [2.45, 2.75) is 0 Å². The molecule has 4 amide bonds. The van der Waals surface area contributed by atoms with Crippen molar-refractivity contribution in [3.05, 3.63) is 63.6 Å². The molecule has 0 radical (unpaired) electrons. The number of carbonyl (C=O) groups excluding carboxylic acids is 3. The predicted molar refractivity (Wildman–Crippen MR) is 98.5 cm³/mol. The molecule has 8 heteroatoms. The van der Waals surface area contributed by atoms with Gasteiger partial charge >= 0.3 is 6.03 Å². The Labute approximate surface area is 158 Å². The summed E-state index contributed by atoms with van der Waals surface area (Å²) in [6.07, 6.45) is 1.33. The summed E-state index contributed by atoms with van der Waals surface area (Å²) in [5.41, 5.74) is 0.498. The molecular formula is C18H12Cl2N2O4. The number of amides is 4. The first-order valence-corrected chi connectivity index (χ1v) is 8.17. The van der Waals surface area contributed by atoms with Gasteiger partial charge < -0.3 is 4.74 Å². The van der Waals surface area contributed by atoms with E-state index in [9.17, 15) is 14.4 Å². The average molecular weight is 391 g/mol. The average Bonchev–Trinajstić information content (AvgIpc) is 2.60. The number of ether oxygens (including phenoxy) is 1. The second-order valence-corrected chi connectivity index (χ2v) is 6.19. The van der Waals surface area contributed by atoms with E-state index < -0.39 is 17.8 Å². The molecule has 0 bridgehead atoms. The number of urea groups is 1. The number of imide groups is 2. The van der Waals surface area contributed by atoms with E-state index in [4.69, 9.17) is 27.9 Å². The van der Waals surface area contributed by atoms with Crippen LogP contribution in [0.4, 0.5) is 10.5 Å². The zero-order valence-corrected chi connectivity index (χ0v) is 15.0. The van der Waals surface area contributed by atoms with Crippen molar-refractivity contribution in [1.82, 2.24) is 5.32 Å². The third kappa shape index (κ3) is 3.42. The summed E-state index contributed by atoms with van der Waals surface area (Å²) in [5.74, 6) is -1.13. The molecule has 2 aromatic carbocycles. The summed E-state index contributed by atoms with van der Waals surface area (Å²) in [5, 5.41) is 3.01. The standard InChI is InChI=1S/C18H12Cl2N2O4/c1-26-15-7-4-12(20)8-10(15)9-14-16(23)21-18(25)22(17(14)24)13-5-2-11(19)3-6-13/h2-9H,1H3,(H,21,23,25). The van der Waals surface area contributed by atoms with Crippen molar-refractivity contribution in [2.75, 3.05) is 12.0 Å². The van der Waals surface area contributed by atoms with Crippen LogP contribution in [0, 0.1) is 0 Å². The Kier molecular flexibility index (Phi) is 4.97. The van der Waals surface area contributed by atoms with Gasteiger partial charge in [-0.3, -0.25) is 14.9 Å². The van der Waals surface area contributed by atoms with Crippen molar-refractivity contribution in [3.8, 4) is 5.75 Å². The number of anilines is 1. The molecule has 26 heavy (non-hydrogen) atoms. The van der Waals surface area contributed by atoms with Crippen molar-refractivity contribution in [3.63, 3.8) is 0 Å². The minimum atomic E-state index is -0.836. The van der Waals surface area contributed by atoms with E-state index in [2.05, 4.69) is 5.32 Å². The lowest BCUT2D eigenvalue weighted by atomic mass is 10.1. The van der Waals surface area contributed by atoms with E-state index in [1.807, 2.05) is 0 Å². The highest BCUT2D eigenvalue weighted by atomic mass is 35.5. The Morgan fingerprint density at radius 3 is 2.31 bits per heavy atom. The number of nitrogens with zero attached hydrogens (tertiary/aromatic N) is 1. The lowest BCUT2D eigenvalue weighted by molar-refractivity contribution is -0.122. The maximum Gasteiger partial charge on any atom is 0.335 e. The molecule has 6 nitrogen and oxygen atoms in total. The molecule has 1 saturated heterocycles. The van der Waals surface area contributed by atoms with Gasteiger partial charge in [0.1, 0.15) is 11.3 Å². The molecule has 1 aliphatic heterocycles. The van der Waals surface area contributed by atoms with Crippen LogP contribution < -0.4 is 15.0 Å². The summed E-state index contributed by atoms with van der Waals surface area (Å²) in [4.78, 5) is 38.0. The first-order chi connectivity index (χ1) is 12.4. The fourth-order valence-electron chi connectivity index (χ4n) is 2.46. The zero-order chi connectivity index (χ0) is 18.8. The largest absolute Gasteiger partial charge is 0.496 e. The van der Waals surface area contributed by atoms with Gasteiger partial charge in [0, 0.05) is 15.6 Å². The van der Waals surface area contributed by atoms with Gasteiger partial charge in [-0.2, -0.15) is 0 Å². The van der Waals surface area contributed by atoms with E-state index in [1.54, 1.807) is 18.2 Å². The molecule has 3 rings (SSSR count). The summed E-state index contributed by atoms with van der Waals surface area (Å²) >= 11 is 11.8. The van der Waals surface area contributed by atoms with Gasteiger partial charge in [0.05, 0.1) is 12.8 Å². The fourth-order valence-corrected chi connectivity index (χ4v) is 2.76. The number of barbiturate groups is 1. The first kappa shape index (κ1) is 18.0. The molecule has 0 unspecified atom stereocenters. The van der Waals surface area contributed by atoms with Crippen LogP contribution >= 0.6 is 23.2 Å². The molecule has 132 valence electrons. The zero-order valence-electron chi connectivity index (χ0n) is 13.5. The smallest absolute Gasteiger partial charge is 0.335 e. The summed E-state index contributed by atoms with van der Waals surface area (Å²) < 4.78 is 5.22. The number of carbonyl (C=O) groups is 3. The van der Waals surface area contributed by atoms with Gasteiger partial charge in [0.2, 0.25) is 0 Å². The summed E-state index contributed by atoms with van der Waals surface area (Å²) in [6, 6.07) is 10.0. The molecule has 1 N–H and O–H groups in total. The topological polar surface area (TPSA) is 75.7 Å². The Balaban J connectivity index is 2.06. The van der Waals surface area contributed by atoms with Crippen LogP contribution in [0.3, 0.4) is 0 Å². The molecule has 1 fully saturated rings. The van der Waals surface area contributed by atoms with Crippen LogP contribution in [0.1, 0.15) is 5.56 Å². The molecule has 2 aromatic rings. The quantitative estimate of drug-likeness (QED) is 0.640. The predicted octanol–water partition coefficient (Wildman–Crippen LogP) is 3.67. The number of benzene rings is 2. The van der Waals surface area contributed by atoms with Gasteiger partial charge in [-0.1, -0.05) is 23.2 Å². The molecule has 0 aromatic heterocycles. The van der Waals surface area contributed by atoms with Crippen molar-refractivity contribution in [2.24, 2.45) is 0 Å².